The largest absolute Gasteiger partial charge is 0.468 e. The highest BCUT2D eigenvalue weighted by Gasteiger charge is 2.22. The van der Waals surface area contributed by atoms with Gasteiger partial charge >= 0.3 is 5.97 Å². The second kappa shape index (κ2) is 5.85. The van der Waals surface area contributed by atoms with E-state index in [1.165, 1.54) is 7.11 Å². The van der Waals surface area contributed by atoms with Crippen LogP contribution in [-0.2, 0) is 16.0 Å². The van der Waals surface area contributed by atoms with E-state index >= 15 is 0 Å². The second-order valence-electron chi connectivity index (χ2n) is 3.41. The summed E-state index contributed by atoms with van der Waals surface area (Å²) in [6.45, 7) is 4.10. The molecule has 0 aromatic carbocycles. The number of hydrogen-bond donors (Lipinski definition) is 0. The van der Waals surface area contributed by atoms with Crippen LogP contribution in [0.4, 0.5) is 0 Å². The number of carbonyl (C=O) groups excluding carboxylic acids is 1. The third kappa shape index (κ3) is 3.02. The van der Waals surface area contributed by atoms with Crippen molar-refractivity contribution in [1.82, 2.24) is 4.98 Å². The Kier molecular flexibility index (Phi) is 4.75. The van der Waals surface area contributed by atoms with E-state index in [0.717, 1.165) is 30.0 Å². The van der Waals surface area contributed by atoms with Crippen LogP contribution in [0.1, 0.15) is 43.3 Å². The molecule has 1 unspecified atom stereocenters. The molecule has 4 heteroatoms. The Labute approximate surface area is 94.5 Å². The summed E-state index contributed by atoms with van der Waals surface area (Å²) in [5.41, 5.74) is 1.08. The van der Waals surface area contributed by atoms with Gasteiger partial charge in [0.2, 0.25) is 0 Å². The van der Waals surface area contributed by atoms with Gasteiger partial charge in [0.1, 0.15) is 10.9 Å². The number of ether oxygens (including phenoxy) is 1. The maximum Gasteiger partial charge on any atom is 0.315 e. The van der Waals surface area contributed by atoms with Gasteiger partial charge in [0.25, 0.3) is 0 Å². The molecule has 0 N–H and O–H groups in total. The quantitative estimate of drug-likeness (QED) is 0.726. The predicted octanol–water partition coefficient (Wildman–Crippen LogP) is 2.76. The molecule has 0 saturated heterocycles. The standard InChI is InChI=1S/C11H17NO2S/c1-4-6-8-7-15-10(12-8)9(5-2)11(13)14-3/h7,9H,4-6H2,1-3H3. The average molecular weight is 227 g/mol. The van der Waals surface area contributed by atoms with Gasteiger partial charge in [-0.05, 0) is 12.8 Å². The van der Waals surface area contributed by atoms with Crippen molar-refractivity contribution in [3.8, 4) is 0 Å². The molecule has 0 aliphatic carbocycles. The third-order valence-corrected chi connectivity index (χ3v) is 3.27. The molecular formula is C11H17NO2S. The first-order valence-electron chi connectivity index (χ1n) is 5.25. The average Bonchev–Trinajstić information content (AvgIpc) is 2.68. The molecule has 15 heavy (non-hydrogen) atoms. The topological polar surface area (TPSA) is 39.2 Å². The van der Waals surface area contributed by atoms with Crippen LogP contribution in [0.25, 0.3) is 0 Å². The van der Waals surface area contributed by atoms with E-state index in [-0.39, 0.29) is 11.9 Å². The minimum absolute atomic E-state index is 0.185. The van der Waals surface area contributed by atoms with E-state index in [2.05, 4.69) is 11.9 Å². The van der Waals surface area contributed by atoms with Crippen LogP contribution in [-0.4, -0.2) is 18.1 Å². The minimum Gasteiger partial charge on any atom is -0.468 e. The first-order valence-corrected chi connectivity index (χ1v) is 6.13. The van der Waals surface area contributed by atoms with Gasteiger partial charge in [-0.15, -0.1) is 11.3 Å². The molecule has 0 radical (unpaired) electrons. The number of carbonyl (C=O) groups is 1. The van der Waals surface area contributed by atoms with Crippen LogP contribution in [0, 0.1) is 0 Å². The van der Waals surface area contributed by atoms with Crippen LogP contribution in [0.15, 0.2) is 5.38 Å². The predicted molar refractivity (Wildman–Crippen MR) is 61.2 cm³/mol. The number of esters is 1. The monoisotopic (exact) mass is 227 g/mol. The number of nitrogens with zero attached hydrogens (tertiary/aromatic N) is 1. The lowest BCUT2D eigenvalue weighted by Crippen LogP contribution is -2.13. The summed E-state index contributed by atoms with van der Waals surface area (Å²) in [7, 11) is 1.42. The van der Waals surface area contributed by atoms with Crippen molar-refractivity contribution in [2.45, 2.75) is 39.0 Å². The lowest BCUT2D eigenvalue weighted by atomic mass is 10.1. The summed E-state index contributed by atoms with van der Waals surface area (Å²) >= 11 is 1.55. The summed E-state index contributed by atoms with van der Waals surface area (Å²) in [4.78, 5) is 15.9. The molecule has 3 nitrogen and oxygen atoms in total. The number of aromatic nitrogens is 1. The fourth-order valence-corrected chi connectivity index (χ4v) is 2.46. The van der Waals surface area contributed by atoms with Gasteiger partial charge in [-0.1, -0.05) is 20.3 Å². The lowest BCUT2D eigenvalue weighted by molar-refractivity contribution is -0.142. The van der Waals surface area contributed by atoms with Gasteiger partial charge in [-0.25, -0.2) is 4.98 Å². The first-order chi connectivity index (χ1) is 7.22. The highest BCUT2D eigenvalue weighted by atomic mass is 32.1. The molecule has 0 bridgehead atoms. The lowest BCUT2D eigenvalue weighted by Gasteiger charge is -2.08. The summed E-state index contributed by atoms with van der Waals surface area (Å²) in [6, 6.07) is 0. The highest BCUT2D eigenvalue weighted by molar-refractivity contribution is 7.09. The normalized spacial score (nSPS) is 12.5. The van der Waals surface area contributed by atoms with Crippen molar-refractivity contribution < 1.29 is 9.53 Å². The van der Waals surface area contributed by atoms with Crippen molar-refractivity contribution in [1.29, 1.82) is 0 Å². The van der Waals surface area contributed by atoms with Gasteiger partial charge in [-0.3, -0.25) is 4.79 Å². The Bertz CT molecular complexity index is 322. The maximum absolute atomic E-state index is 11.5. The molecule has 1 heterocycles. The van der Waals surface area contributed by atoms with E-state index in [9.17, 15) is 4.79 Å². The second-order valence-corrected chi connectivity index (χ2v) is 4.30. The zero-order chi connectivity index (χ0) is 11.3. The number of thiazole rings is 1. The van der Waals surface area contributed by atoms with Crippen LogP contribution in [0.3, 0.4) is 0 Å². The number of aryl methyl sites for hydroxylation is 1. The zero-order valence-electron chi connectivity index (χ0n) is 9.45. The van der Waals surface area contributed by atoms with Crippen LogP contribution >= 0.6 is 11.3 Å². The van der Waals surface area contributed by atoms with Crippen LogP contribution in [0.5, 0.6) is 0 Å². The molecule has 0 fully saturated rings. The Morgan fingerprint density at radius 3 is 2.87 bits per heavy atom. The molecule has 0 saturated carbocycles. The molecule has 1 atom stereocenters. The number of hydrogen-bond acceptors (Lipinski definition) is 4. The summed E-state index contributed by atoms with van der Waals surface area (Å²) < 4.78 is 4.75. The maximum atomic E-state index is 11.5. The van der Waals surface area contributed by atoms with E-state index < -0.39 is 0 Å². The Morgan fingerprint density at radius 1 is 1.60 bits per heavy atom. The minimum atomic E-state index is -0.189. The van der Waals surface area contributed by atoms with E-state index in [4.69, 9.17) is 4.74 Å². The van der Waals surface area contributed by atoms with Crippen LogP contribution < -0.4 is 0 Å². The van der Waals surface area contributed by atoms with Crippen molar-refractivity contribution in [2.24, 2.45) is 0 Å². The van der Waals surface area contributed by atoms with Crippen molar-refractivity contribution in [3.05, 3.63) is 16.1 Å². The Balaban J connectivity index is 2.78. The van der Waals surface area contributed by atoms with Gasteiger partial charge in [-0.2, -0.15) is 0 Å². The SMILES string of the molecule is CCCc1csc(C(CC)C(=O)OC)n1. The Morgan fingerprint density at radius 2 is 2.33 bits per heavy atom. The van der Waals surface area contributed by atoms with Gasteiger partial charge in [0.15, 0.2) is 0 Å². The molecule has 84 valence electrons. The zero-order valence-corrected chi connectivity index (χ0v) is 10.3. The molecular weight excluding hydrogens is 210 g/mol. The number of methoxy groups -OCH3 is 1. The van der Waals surface area contributed by atoms with Crippen molar-refractivity contribution >= 4 is 17.3 Å². The van der Waals surface area contributed by atoms with Crippen molar-refractivity contribution in [2.75, 3.05) is 7.11 Å². The van der Waals surface area contributed by atoms with Gasteiger partial charge in [0, 0.05) is 5.38 Å². The molecule has 0 amide bonds. The fourth-order valence-electron chi connectivity index (χ4n) is 1.44. The highest BCUT2D eigenvalue weighted by Crippen LogP contribution is 2.24. The molecule has 1 aromatic heterocycles. The summed E-state index contributed by atoms with van der Waals surface area (Å²) in [6.07, 6.45) is 2.80. The van der Waals surface area contributed by atoms with E-state index in [1.807, 2.05) is 12.3 Å². The van der Waals surface area contributed by atoms with E-state index in [1.54, 1.807) is 11.3 Å². The smallest absolute Gasteiger partial charge is 0.315 e. The molecule has 1 rings (SSSR count). The Hall–Kier alpha value is -0.900. The van der Waals surface area contributed by atoms with Crippen LogP contribution in [0.2, 0.25) is 0 Å². The molecule has 0 aliphatic rings. The fraction of sp³-hybridized carbons (Fsp3) is 0.636. The van der Waals surface area contributed by atoms with Gasteiger partial charge in [0.05, 0.1) is 12.8 Å². The molecule has 1 aromatic rings. The summed E-state index contributed by atoms with van der Waals surface area (Å²) in [5.74, 6) is -0.375. The van der Waals surface area contributed by atoms with Crippen molar-refractivity contribution in [3.63, 3.8) is 0 Å². The first kappa shape index (κ1) is 12.2. The molecule has 0 spiro atoms. The number of rotatable bonds is 5. The van der Waals surface area contributed by atoms with E-state index in [0.29, 0.717) is 0 Å². The third-order valence-electron chi connectivity index (χ3n) is 2.27. The molecule has 0 aliphatic heterocycles. The van der Waals surface area contributed by atoms with Gasteiger partial charge < -0.3 is 4.74 Å². The summed E-state index contributed by atoms with van der Waals surface area (Å²) in [5, 5.41) is 2.91.